The predicted octanol–water partition coefficient (Wildman–Crippen LogP) is 4.16. The number of halogens is 1. The fraction of sp³-hybridized carbons (Fsp3) is 0.500. The highest BCUT2D eigenvalue weighted by molar-refractivity contribution is 5.68. The van der Waals surface area contributed by atoms with Crippen LogP contribution in [0.1, 0.15) is 24.8 Å². The van der Waals surface area contributed by atoms with E-state index < -0.39 is 0 Å². The zero-order valence-corrected chi connectivity index (χ0v) is 20.0. The molecule has 2 fully saturated rings. The normalized spacial score (nSPS) is 19.1. The number of carbonyl (C=O) groups is 1. The van der Waals surface area contributed by atoms with Crippen molar-refractivity contribution in [3.8, 4) is 11.5 Å². The summed E-state index contributed by atoms with van der Waals surface area (Å²) in [5.74, 6) is 1.29. The molecule has 2 aromatic carbocycles. The molecule has 2 heterocycles. The lowest BCUT2D eigenvalue weighted by molar-refractivity contribution is 0.0451. The first-order valence-electron chi connectivity index (χ1n) is 11.9. The molecule has 2 aromatic rings. The molecule has 0 N–H and O–H groups in total. The molecule has 4 rings (SSSR count). The number of hydrogen-bond donors (Lipinski definition) is 0. The fourth-order valence-corrected chi connectivity index (χ4v) is 4.68. The first-order chi connectivity index (χ1) is 16.6. The van der Waals surface area contributed by atoms with E-state index in [1.807, 2.05) is 30.3 Å². The average Bonchev–Trinajstić information content (AvgIpc) is 2.89. The van der Waals surface area contributed by atoms with E-state index in [2.05, 4.69) is 9.80 Å². The Kier molecular flexibility index (Phi) is 8.11. The zero-order chi connectivity index (χ0) is 23.9. The largest absolute Gasteiger partial charge is 0.497 e. The van der Waals surface area contributed by atoms with E-state index >= 15 is 0 Å². The van der Waals surface area contributed by atoms with Crippen molar-refractivity contribution in [3.63, 3.8) is 0 Å². The van der Waals surface area contributed by atoms with Crippen LogP contribution >= 0.6 is 0 Å². The number of anilines is 1. The molecule has 0 bridgehead atoms. The Balaban J connectivity index is 1.28. The SMILES string of the molecule is COc1cc(OC)cc(N2CCN(C(=O)OCC3CCCCN3Cc3ccccc3F)CC2)c1. The number of methoxy groups -OCH3 is 2. The van der Waals surface area contributed by atoms with E-state index in [1.165, 1.54) is 6.07 Å². The van der Waals surface area contributed by atoms with Crippen molar-refractivity contribution in [1.29, 1.82) is 0 Å². The third-order valence-electron chi connectivity index (χ3n) is 6.72. The number of piperazine rings is 1. The van der Waals surface area contributed by atoms with Gasteiger partial charge in [0, 0.05) is 68.2 Å². The molecule has 2 aliphatic heterocycles. The Morgan fingerprint density at radius 2 is 1.68 bits per heavy atom. The van der Waals surface area contributed by atoms with Crippen molar-refractivity contribution in [2.45, 2.75) is 31.8 Å². The minimum absolute atomic E-state index is 0.114. The number of likely N-dealkylation sites (tertiary alicyclic amines) is 1. The van der Waals surface area contributed by atoms with E-state index in [4.69, 9.17) is 14.2 Å². The van der Waals surface area contributed by atoms with Crippen molar-refractivity contribution in [1.82, 2.24) is 9.80 Å². The summed E-state index contributed by atoms with van der Waals surface area (Å²) in [6, 6.07) is 12.8. The standard InChI is InChI=1S/C26H34FN3O4/c1-32-23-15-22(16-24(17-23)33-2)28-11-13-29(14-12-28)26(31)34-19-21-8-5-6-10-30(21)18-20-7-3-4-9-25(20)27/h3-4,7,9,15-17,21H,5-6,8,10-14,18-19H2,1-2H3. The molecule has 2 saturated heterocycles. The first kappa shape index (κ1) is 24.1. The van der Waals surface area contributed by atoms with Crippen LogP contribution in [0.2, 0.25) is 0 Å². The molecule has 1 atom stereocenters. The molecule has 2 aliphatic rings. The summed E-state index contributed by atoms with van der Waals surface area (Å²) in [6.07, 6.45) is 2.85. The summed E-state index contributed by atoms with van der Waals surface area (Å²) < 4.78 is 30.6. The van der Waals surface area contributed by atoms with E-state index in [9.17, 15) is 9.18 Å². The van der Waals surface area contributed by atoms with Gasteiger partial charge in [-0.25, -0.2) is 9.18 Å². The second kappa shape index (κ2) is 11.4. The van der Waals surface area contributed by atoms with Crippen LogP contribution in [0.3, 0.4) is 0 Å². The average molecular weight is 472 g/mol. The van der Waals surface area contributed by atoms with E-state index in [0.717, 1.165) is 43.0 Å². The minimum atomic E-state index is -0.278. The van der Waals surface area contributed by atoms with Crippen molar-refractivity contribution < 1.29 is 23.4 Å². The van der Waals surface area contributed by atoms with Gasteiger partial charge < -0.3 is 24.0 Å². The molecule has 1 amide bonds. The molecule has 0 aliphatic carbocycles. The highest BCUT2D eigenvalue weighted by Crippen LogP contribution is 2.29. The zero-order valence-electron chi connectivity index (χ0n) is 20.0. The van der Waals surface area contributed by atoms with Crippen molar-refractivity contribution in [2.75, 3.05) is 58.5 Å². The third kappa shape index (κ3) is 5.91. The number of ether oxygens (including phenoxy) is 3. The Morgan fingerprint density at radius 3 is 2.35 bits per heavy atom. The molecular weight excluding hydrogens is 437 g/mol. The Labute approximate surface area is 201 Å². The fourth-order valence-electron chi connectivity index (χ4n) is 4.68. The van der Waals surface area contributed by atoms with Gasteiger partial charge in [-0.2, -0.15) is 0 Å². The lowest BCUT2D eigenvalue weighted by Crippen LogP contribution is -2.50. The second-order valence-electron chi connectivity index (χ2n) is 8.83. The van der Waals surface area contributed by atoms with Crippen LogP contribution in [0.4, 0.5) is 14.9 Å². The monoisotopic (exact) mass is 471 g/mol. The number of amides is 1. The smallest absolute Gasteiger partial charge is 0.409 e. The number of piperidine rings is 1. The van der Waals surface area contributed by atoms with Crippen LogP contribution in [-0.4, -0.2) is 75.5 Å². The Morgan fingerprint density at radius 1 is 0.971 bits per heavy atom. The summed E-state index contributed by atoms with van der Waals surface area (Å²) in [7, 11) is 3.27. The second-order valence-corrected chi connectivity index (χ2v) is 8.83. The van der Waals surface area contributed by atoms with Crippen LogP contribution in [0, 0.1) is 5.82 Å². The van der Waals surface area contributed by atoms with Gasteiger partial charge in [-0.3, -0.25) is 4.90 Å². The highest BCUT2D eigenvalue weighted by atomic mass is 19.1. The van der Waals surface area contributed by atoms with Gasteiger partial charge in [0.15, 0.2) is 0 Å². The van der Waals surface area contributed by atoms with Gasteiger partial charge in [0.05, 0.1) is 14.2 Å². The van der Waals surface area contributed by atoms with Crippen LogP contribution < -0.4 is 14.4 Å². The Hall–Kier alpha value is -3.00. The van der Waals surface area contributed by atoms with Gasteiger partial charge in [-0.15, -0.1) is 0 Å². The molecule has 0 saturated carbocycles. The van der Waals surface area contributed by atoms with Crippen LogP contribution in [0.5, 0.6) is 11.5 Å². The van der Waals surface area contributed by atoms with Gasteiger partial charge in [-0.05, 0) is 25.5 Å². The molecule has 34 heavy (non-hydrogen) atoms. The maximum atomic E-state index is 14.1. The summed E-state index contributed by atoms with van der Waals surface area (Å²) in [6.45, 7) is 4.34. The molecule has 0 radical (unpaired) electrons. The van der Waals surface area contributed by atoms with Gasteiger partial charge in [0.1, 0.15) is 23.9 Å². The number of benzene rings is 2. The van der Waals surface area contributed by atoms with Gasteiger partial charge in [-0.1, -0.05) is 24.6 Å². The maximum Gasteiger partial charge on any atom is 0.409 e. The molecule has 1 unspecified atom stereocenters. The quantitative estimate of drug-likeness (QED) is 0.605. The Bertz CT molecular complexity index is 943. The molecule has 0 spiro atoms. The van der Waals surface area contributed by atoms with E-state index in [0.29, 0.717) is 44.9 Å². The first-order valence-corrected chi connectivity index (χ1v) is 11.9. The van der Waals surface area contributed by atoms with Gasteiger partial charge in [0.2, 0.25) is 0 Å². The van der Waals surface area contributed by atoms with Crippen molar-refractivity contribution in [2.24, 2.45) is 0 Å². The van der Waals surface area contributed by atoms with Crippen LogP contribution in [0.25, 0.3) is 0 Å². The maximum absolute atomic E-state index is 14.1. The lowest BCUT2D eigenvalue weighted by atomic mass is 10.0. The summed E-state index contributed by atoms with van der Waals surface area (Å²) in [5.41, 5.74) is 1.70. The number of rotatable bonds is 7. The summed E-state index contributed by atoms with van der Waals surface area (Å²) >= 11 is 0. The van der Waals surface area contributed by atoms with E-state index in [-0.39, 0.29) is 18.0 Å². The van der Waals surface area contributed by atoms with Gasteiger partial charge in [0.25, 0.3) is 0 Å². The summed E-state index contributed by atoms with van der Waals surface area (Å²) in [5, 5.41) is 0. The van der Waals surface area contributed by atoms with E-state index in [1.54, 1.807) is 25.2 Å². The summed E-state index contributed by atoms with van der Waals surface area (Å²) in [4.78, 5) is 19.0. The molecule has 0 aromatic heterocycles. The van der Waals surface area contributed by atoms with Crippen LogP contribution in [0.15, 0.2) is 42.5 Å². The van der Waals surface area contributed by atoms with Gasteiger partial charge >= 0.3 is 6.09 Å². The molecule has 7 nitrogen and oxygen atoms in total. The molecule has 184 valence electrons. The molecular formula is C26H34FN3O4. The predicted molar refractivity (Wildman–Crippen MR) is 129 cm³/mol. The topological polar surface area (TPSA) is 54.5 Å². The van der Waals surface area contributed by atoms with Crippen molar-refractivity contribution in [3.05, 3.63) is 53.8 Å². The lowest BCUT2D eigenvalue weighted by Gasteiger charge is -2.37. The number of nitrogens with zero attached hydrogens (tertiary/aromatic N) is 3. The highest BCUT2D eigenvalue weighted by Gasteiger charge is 2.27. The minimum Gasteiger partial charge on any atom is -0.497 e. The third-order valence-corrected chi connectivity index (χ3v) is 6.72. The number of carbonyl (C=O) groups excluding carboxylic acids is 1. The van der Waals surface area contributed by atoms with Crippen LogP contribution in [-0.2, 0) is 11.3 Å². The van der Waals surface area contributed by atoms with Crippen molar-refractivity contribution >= 4 is 11.8 Å². The molecule has 8 heteroatoms. The number of hydrogen-bond acceptors (Lipinski definition) is 6.